The van der Waals surface area contributed by atoms with Gasteiger partial charge in [0.25, 0.3) is 0 Å². The fourth-order valence-corrected chi connectivity index (χ4v) is 3.89. The Kier molecular flexibility index (Phi) is 6.93. The lowest BCUT2D eigenvalue weighted by Gasteiger charge is -2.18. The van der Waals surface area contributed by atoms with Crippen molar-refractivity contribution in [3.05, 3.63) is 66.0 Å². The van der Waals surface area contributed by atoms with Crippen LogP contribution in [0.1, 0.15) is 18.1 Å². The lowest BCUT2D eigenvalue weighted by Crippen LogP contribution is -2.28. The maximum Gasteiger partial charge on any atom is 0.233 e. The number of anilines is 1. The molecule has 0 unspecified atom stereocenters. The molecule has 1 aromatic heterocycles. The number of aryl methyl sites for hydroxylation is 1. The van der Waals surface area contributed by atoms with Crippen LogP contribution in [0.15, 0.2) is 60.0 Å². The molecule has 6 nitrogen and oxygen atoms in total. The molecular formula is C22H27N5OS. The Bertz CT molecular complexity index is 952. The van der Waals surface area contributed by atoms with Crippen LogP contribution in [0.3, 0.4) is 0 Å². The van der Waals surface area contributed by atoms with E-state index >= 15 is 0 Å². The molecule has 7 heteroatoms. The van der Waals surface area contributed by atoms with E-state index in [1.165, 1.54) is 17.3 Å². The highest BCUT2D eigenvalue weighted by atomic mass is 32.2. The summed E-state index contributed by atoms with van der Waals surface area (Å²) in [7, 11) is 5.86. The van der Waals surface area contributed by atoms with Crippen LogP contribution in [0.2, 0.25) is 0 Å². The zero-order valence-corrected chi connectivity index (χ0v) is 18.2. The molecule has 0 aliphatic rings. The van der Waals surface area contributed by atoms with Gasteiger partial charge in [-0.15, -0.1) is 10.2 Å². The average molecular weight is 410 g/mol. The van der Waals surface area contributed by atoms with E-state index in [9.17, 15) is 4.79 Å². The van der Waals surface area contributed by atoms with Crippen molar-refractivity contribution in [3.63, 3.8) is 0 Å². The monoisotopic (exact) mass is 409 g/mol. The Morgan fingerprint density at radius 2 is 1.79 bits per heavy atom. The Labute approximate surface area is 176 Å². The first kappa shape index (κ1) is 20.9. The van der Waals surface area contributed by atoms with E-state index in [0.29, 0.717) is 12.3 Å². The second-order valence-corrected chi connectivity index (χ2v) is 8.01. The molecular weight excluding hydrogens is 382 g/mol. The molecule has 29 heavy (non-hydrogen) atoms. The second kappa shape index (κ2) is 9.60. The number of nitrogens with zero attached hydrogens (tertiary/aromatic N) is 5. The zero-order chi connectivity index (χ0) is 20.8. The van der Waals surface area contributed by atoms with Gasteiger partial charge in [-0.05, 0) is 35.7 Å². The number of carbonyl (C=O) groups is 1. The normalized spacial score (nSPS) is 10.8. The van der Waals surface area contributed by atoms with Gasteiger partial charge in [-0.25, -0.2) is 0 Å². The van der Waals surface area contributed by atoms with Gasteiger partial charge in [0.15, 0.2) is 5.16 Å². The summed E-state index contributed by atoms with van der Waals surface area (Å²) in [6.45, 7) is 2.71. The van der Waals surface area contributed by atoms with Crippen molar-refractivity contribution in [3.8, 4) is 5.69 Å². The van der Waals surface area contributed by atoms with Crippen LogP contribution in [0.25, 0.3) is 5.69 Å². The molecule has 0 radical (unpaired) electrons. The summed E-state index contributed by atoms with van der Waals surface area (Å²) in [5, 5.41) is 8.99. The number of hydrogen-bond acceptors (Lipinski definition) is 5. The van der Waals surface area contributed by atoms with E-state index in [1.807, 2.05) is 37.8 Å². The lowest BCUT2D eigenvalue weighted by atomic mass is 10.1. The Hall–Kier alpha value is -2.80. The first-order valence-electron chi connectivity index (χ1n) is 9.61. The minimum atomic E-state index is 0.0602. The van der Waals surface area contributed by atoms with E-state index in [-0.39, 0.29) is 5.91 Å². The molecule has 0 fully saturated rings. The highest BCUT2D eigenvalue weighted by molar-refractivity contribution is 7.99. The first-order chi connectivity index (χ1) is 14.0. The minimum absolute atomic E-state index is 0.0602. The van der Waals surface area contributed by atoms with Crippen molar-refractivity contribution in [2.45, 2.75) is 25.0 Å². The van der Waals surface area contributed by atoms with Crippen LogP contribution in [0.5, 0.6) is 0 Å². The fourth-order valence-electron chi connectivity index (χ4n) is 3.03. The van der Waals surface area contributed by atoms with E-state index in [1.54, 1.807) is 11.2 Å². The predicted octanol–water partition coefficient (Wildman–Crippen LogP) is 3.65. The van der Waals surface area contributed by atoms with Gasteiger partial charge in [0.1, 0.15) is 6.33 Å². The molecule has 1 heterocycles. The molecule has 0 aliphatic carbocycles. The maximum absolute atomic E-state index is 12.6. The van der Waals surface area contributed by atoms with Crippen molar-refractivity contribution < 1.29 is 4.79 Å². The Morgan fingerprint density at radius 1 is 1.07 bits per heavy atom. The number of benzene rings is 2. The van der Waals surface area contributed by atoms with Gasteiger partial charge in [0, 0.05) is 33.4 Å². The third-order valence-electron chi connectivity index (χ3n) is 4.77. The molecule has 0 aliphatic heterocycles. The summed E-state index contributed by atoms with van der Waals surface area (Å²) in [5.74, 6) is 0.379. The van der Waals surface area contributed by atoms with Crippen LogP contribution in [-0.2, 0) is 17.8 Å². The first-order valence-corrected chi connectivity index (χ1v) is 10.6. The number of para-hydroxylation sites is 1. The molecule has 0 spiro atoms. The van der Waals surface area contributed by atoms with Crippen molar-refractivity contribution in [1.29, 1.82) is 0 Å². The van der Waals surface area contributed by atoms with Crippen LogP contribution >= 0.6 is 11.8 Å². The topological polar surface area (TPSA) is 54.3 Å². The average Bonchev–Trinajstić information content (AvgIpc) is 3.20. The molecule has 0 bridgehead atoms. The van der Waals surface area contributed by atoms with Crippen molar-refractivity contribution in [1.82, 2.24) is 19.7 Å². The summed E-state index contributed by atoms with van der Waals surface area (Å²) >= 11 is 1.41. The van der Waals surface area contributed by atoms with Gasteiger partial charge in [0.2, 0.25) is 5.91 Å². The molecule has 0 N–H and O–H groups in total. The van der Waals surface area contributed by atoms with E-state index in [0.717, 1.165) is 28.5 Å². The van der Waals surface area contributed by atoms with E-state index in [4.69, 9.17) is 0 Å². The SMILES string of the molecule is CCc1ccccc1-n1cnnc1SCC(=O)N(C)Cc1ccc(N(C)C)cc1. The zero-order valence-electron chi connectivity index (χ0n) is 17.4. The van der Waals surface area contributed by atoms with Gasteiger partial charge in [-0.3, -0.25) is 9.36 Å². The molecule has 152 valence electrons. The molecule has 0 saturated carbocycles. The smallest absolute Gasteiger partial charge is 0.233 e. The lowest BCUT2D eigenvalue weighted by molar-refractivity contribution is -0.127. The van der Waals surface area contributed by atoms with Gasteiger partial charge >= 0.3 is 0 Å². The number of thioether (sulfide) groups is 1. The molecule has 1 amide bonds. The van der Waals surface area contributed by atoms with Crippen LogP contribution in [0.4, 0.5) is 5.69 Å². The quantitative estimate of drug-likeness (QED) is 0.532. The third kappa shape index (κ3) is 5.17. The number of aromatic nitrogens is 3. The number of carbonyl (C=O) groups excluding carboxylic acids is 1. The van der Waals surface area contributed by atoms with E-state index in [2.05, 4.69) is 58.4 Å². The van der Waals surface area contributed by atoms with Crippen LogP contribution < -0.4 is 4.90 Å². The summed E-state index contributed by atoms with van der Waals surface area (Å²) < 4.78 is 1.96. The van der Waals surface area contributed by atoms with Gasteiger partial charge in [-0.2, -0.15) is 0 Å². The number of rotatable bonds is 8. The van der Waals surface area contributed by atoms with Gasteiger partial charge < -0.3 is 9.80 Å². The van der Waals surface area contributed by atoms with Gasteiger partial charge in [-0.1, -0.05) is 49.0 Å². The highest BCUT2D eigenvalue weighted by Gasteiger charge is 2.15. The van der Waals surface area contributed by atoms with Crippen molar-refractivity contribution in [2.24, 2.45) is 0 Å². The summed E-state index contributed by atoms with van der Waals surface area (Å²) in [4.78, 5) is 16.4. The molecule has 2 aromatic carbocycles. The fraction of sp³-hybridized carbons (Fsp3) is 0.318. The Balaban J connectivity index is 1.62. The molecule has 0 atom stereocenters. The van der Waals surface area contributed by atoms with E-state index < -0.39 is 0 Å². The molecule has 3 rings (SSSR count). The Morgan fingerprint density at radius 3 is 2.48 bits per heavy atom. The largest absolute Gasteiger partial charge is 0.378 e. The van der Waals surface area contributed by atoms with Crippen molar-refractivity contribution in [2.75, 3.05) is 31.8 Å². The molecule has 0 saturated heterocycles. The molecule has 3 aromatic rings. The number of amides is 1. The number of hydrogen-bond donors (Lipinski definition) is 0. The van der Waals surface area contributed by atoms with Gasteiger partial charge in [0.05, 0.1) is 11.4 Å². The summed E-state index contributed by atoms with van der Waals surface area (Å²) in [6, 6.07) is 16.4. The van der Waals surface area contributed by atoms with Crippen molar-refractivity contribution >= 4 is 23.4 Å². The summed E-state index contributed by atoms with van der Waals surface area (Å²) in [6.07, 6.45) is 2.63. The third-order valence-corrected chi connectivity index (χ3v) is 5.70. The maximum atomic E-state index is 12.6. The summed E-state index contributed by atoms with van der Waals surface area (Å²) in [5.41, 5.74) is 4.53. The predicted molar refractivity (Wildman–Crippen MR) is 119 cm³/mol. The van der Waals surface area contributed by atoms with Crippen LogP contribution in [0, 0.1) is 0 Å². The second-order valence-electron chi connectivity index (χ2n) is 7.07. The highest BCUT2D eigenvalue weighted by Crippen LogP contribution is 2.23. The minimum Gasteiger partial charge on any atom is -0.378 e. The standard InChI is InChI=1S/C22H27N5OS/c1-5-18-8-6-7-9-20(18)27-16-23-24-22(27)29-15-21(28)26(4)14-17-10-12-19(13-11-17)25(2)3/h6-13,16H,5,14-15H2,1-4H3. The van der Waals surface area contributed by atoms with Crippen LogP contribution in [-0.4, -0.2) is 52.5 Å².